The molecule has 2 aliphatic rings. The van der Waals surface area contributed by atoms with E-state index in [-0.39, 0.29) is 24.6 Å². The number of nitrogens with zero attached hydrogens (tertiary/aromatic N) is 6. The molecule has 2 fully saturated rings. The monoisotopic (exact) mass is 517 g/mol. The Morgan fingerprint density at radius 3 is 2.41 bits per heavy atom. The largest absolute Gasteiger partial charge is 0.393 e. The van der Waals surface area contributed by atoms with Crippen LogP contribution in [0.4, 0.5) is 19.1 Å². The highest BCUT2D eigenvalue weighted by atomic mass is 19.4. The molecule has 200 valence electrons. The van der Waals surface area contributed by atoms with Gasteiger partial charge in [-0.05, 0) is 38.3 Å². The lowest BCUT2D eigenvalue weighted by atomic mass is 9.93. The van der Waals surface area contributed by atoms with Crippen LogP contribution in [0.15, 0.2) is 30.5 Å². The van der Waals surface area contributed by atoms with Gasteiger partial charge in [0, 0.05) is 51.0 Å². The van der Waals surface area contributed by atoms with Gasteiger partial charge in [-0.25, -0.2) is 9.67 Å². The van der Waals surface area contributed by atoms with Crippen molar-refractivity contribution in [3.8, 4) is 11.3 Å². The molecule has 0 bridgehead atoms. The van der Waals surface area contributed by atoms with Crippen molar-refractivity contribution < 1.29 is 18.3 Å². The van der Waals surface area contributed by atoms with Crippen LogP contribution in [0.2, 0.25) is 0 Å². The summed E-state index contributed by atoms with van der Waals surface area (Å²) in [6.45, 7) is 4.88. The van der Waals surface area contributed by atoms with E-state index in [4.69, 9.17) is 5.10 Å². The van der Waals surface area contributed by atoms with Crippen LogP contribution in [-0.4, -0.2) is 86.7 Å². The molecule has 1 saturated carbocycles. The number of hydrogen-bond donors (Lipinski definition) is 2. The van der Waals surface area contributed by atoms with Crippen LogP contribution in [0.1, 0.15) is 43.7 Å². The van der Waals surface area contributed by atoms with Gasteiger partial charge in [-0.1, -0.05) is 24.3 Å². The van der Waals surface area contributed by atoms with Crippen molar-refractivity contribution in [2.24, 2.45) is 0 Å². The third-order valence-corrected chi connectivity index (χ3v) is 7.38. The predicted octanol–water partition coefficient (Wildman–Crippen LogP) is 4.08. The summed E-state index contributed by atoms with van der Waals surface area (Å²) in [6, 6.07) is 8.45. The standard InChI is InChI=1S/C26H34F3N7O/c1-34-12-14-35(15-13-34)17-18-2-4-19(5-3-18)23-22-16-31-25(30-11-10-26(27,28)29)32-24(22)36(33-23)20-6-8-21(37)9-7-20/h2-5,16,20-21,37H,6-15,17H2,1H3,(H,30,31,32)/t20-,21-. The fourth-order valence-corrected chi connectivity index (χ4v) is 5.13. The Kier molecular flexibility index (Phi) is 7.64. The van der Waals surface area contributed by atoms with E-state index in [0.717, 1.165) is 62.2 Å². The normalized spacial score (nSPS) is 22.0. The quantitative estimate of drug-likeness (QED) is 0.489. The van der Waals surface area contributed by atoms with E-state index in [1.807, 2.05) is 4.68 Å². The van der Waals surface area contributed by atoms with Crippen molar-refractivity contribution in [2.75, 3.05) is 45.1 Å². The molecule has 37 heavy (non-hydrogen) atoms. The van der Waals surface area contributed by atoms with Crippen LogP contribution in [-0.2, 0) is 6.54 Å². The molecule has 1 aliphatic heterocycles. The molecule has 1 aliphatic carbocycles. The van der Waals surface area contributed by atoms with Crippen LogP contribution in [0.3, 0.4) is 0 Å². The van der Waals surface area contributed by atoms with E-state index in [2.05, 4.69) is 56.4 Å². The lowest BCUT2D eigenvalue weighted by Gasteiger charge is -2.32. The van der Waals surface area contributed by atoms with Gasteiger partial charge in [-0.15, -0.1) is 0 Å². The number of nitrogens with one attached hydrogen (secondary N) is 1. The van der Waals surface area contributed by atoms with Crippen LogP contribution in [0.5, 0.6) is 0 Å². The van der Waals surface area contributed by atoms with Crippen molar-refractivity contribution in [3.63, 3.8) is 0 Å². The summed E-state index contributed by atoms with van der Waals surface area (Å²) in [5.41, 5.74) is 3.55. The van der Waals surface area contributed by atoms with Crippen LogP contribution in [0.25, 0.3) is 22.3 Å². The molecule has 8 nitrogen and oxygen atoms in total. The second-order valence-corrected chi connectivity index (χ2v) is 10.3. The number of aromatic nitrogens is 4. The molecule has 2 N–H and O–H groups in total. The van der Waals surface area contributed by atoms with Gasteiger partial charge in [0.05, 0.1) is 24.0 Å². The molecule has 0 spiro atoms. The average molecular weight is 518 g/mol. The molecule has 1 saturated heterocycles. The Morgan fingerprint density at radius 2 is 1.73 bits per heavy atom. The van der Waals surface area contributed by atoms with Gasteiger partial charge in [0.1, 0.15) is 5.69 Å². The third-order valence-electron chi connectivity index (χ3n) is 7.38. The molecule has 0 amide bonds. The van der Waals surface area contributed by atoms with Crippen molar-refractivity contribution in [2.45, 2.75) is 57.0 Å². The van der Waals surface area contributed by atoms with Crippen LogP contribution < -0.4 is 5.32 Å². The minimum Gasteiger partial charge on any atom is -0.393 e. The molecule has 3 heterocycles. The number of aliphatic hydroxyl groups is 1. The number of rotatable bonds is 7. The molecule has 3 aromatic rings. The SMILES string of the molecule is CN1CCN(Cc2ccc(-c3nn([C@H]4CC[C@H](O)CC4)c4nc(NCCC(F)(F)F)ncc34)cc2)CC1. The number of likely N-dealkylation sites (N-methyl/N-ethyl adjacent to an activating group) is 1. The molecule has 0 atom stereocenters. The summed E-state index contributed by atoms with van der Waals surface area (Å²) in [5, 5.41) is 18.4. The second-order valence-electron chi connectivity index (χ2n) is 10.3. The second kappa shape index (κ2) is 10.9. The maximum atomic E-state index is 12.6. The fraction of sp³-hybridized carbons (Fsp3) is 0.577. The highest BCUT2D eigenvalue weighted by Crippen LogP contribution is 2.34. The molecule has 1 aromatic carbocycles. The Bertz CT molecular complexity index is 1180. The number of alkyl halides is 3. The number of piperazine rings is 1. The zero-order chi connectivity index (χ0) is 26.0. The van der Waals surface area contributed by atoms with E-state index >= 15 is 0 Å². The third kappa shape index (κ3) is 6.39. The Balaban J connectivity index is 1.40. The van der Waals surface area contributed by atoms with Gasteiger partial charge in [-0.3, -0.25) is 4.90 Å². The van der Waals surface area contributed by atoms with E-state index in [0.29, 0.717) is 18.5 Å². The topological polar surface area (TPSA) is 82.3 Å². The predicted molar refractivity (Wildman–Crippen MR) is 136 cm³/mol. The Hall–Kier alpha value is -2.76. The zero-order valence-corrected chi connectivity index (χ0v) is 21.1. The number of hydrogen-bond acceptors (Lipinski definition) is 7. The van der Waals surface area contributed by atoms with E-state index in [9.17, 15) is 18.3 Å². The van der Waals surface area contributed by atoms with Crippen molar-refractivity contribution >= 4 is 17.0 Å². The zero-order valence-electron chi connectivity index (χ0n) is 21.1. The molecule has 0 radical (unpaired) electrons. The number of aliphatic hydroxyl groups excluding tert-OH is 1. The summed E-state index contributed by atoms with van der Waals surface area (Å²) in [4.78, 5) is 13.7. The molecular formula is C26H34F3N7O. The van der Waals surface area contributed by atoms with Crippen molar-refractivity contribution in [1.29, 1.82) is 0 Å². The number of fused-ring (bicyclic) bond motifs is 1. The van der Waals surface area contributed by atoms with Gasteiger partial charge >= 0.3 is 6.18 Å². The Morgan fingerprint density at radius 1 is 1.03 bits per heavy atom. The summed E-state index contributed by atoms with van der Waals surface area (Å²) < 4.78 is 39.7. The minimum absolute atomic E-state index is 0.0640. The summed E-state index contributed by atoms with van der Waals surface area (Å²) >= 11 is 0. The van der Waals surface area contributed by atoms with Crippen LogP contribution >= 0.6 is 0 Å². The summed E-state index contributed by atoms with van der Waals surface area (Å²) in [7, 11) is 2.15. The number of anilines is 1. The first kappa shape index (κ1) is 25.9. The smallest absolute Gasteiger partial charge is 0.390 e. The van der Waals surface area contributed by atoms with E-state index < -0.39 is 12.6 Å². The first-order valence-corrected chi connectivity index (χ1v) is 13.0. The number of halogens is 3. The maximum absolute atomic E-state index is 12.6. The lowest BCUT2D eigenvalue weighted by Crippen LogP contribution is -2.43. The van der Waals surface area contributed by atoms with Gasteiger partial charge in [0.25, 0.3) is 0 Å². The fourth-order valence-electron chi connectivity index (χ4n) is 5.13. The molecule has 2 aromatic heterocycles. The van der Waals surface area contributed by atoms with E-state index in [1.165, 1.54) is 5.56 Å². The Labute approximate surface area is 214 Å². The first-order chi connectivity index (χ1) is 17.7. The highest BCUT2D eigenvalue weighted by molar-refractivity contribution is 5.91. The number of benzene rings is 1. The summed E-state index contributed by atoms with van der Waals surface area (Å²) in [6.07, 6.45) is -0.962. The maximum Gasteiger partial charge on any atom is 0.390 e. The van der Waals surface area contributed by atoms with E-state index in [1.54, 1.807) is 6.20 Å². The van der Waals surface area contributed by atoms with Crippen LogP contribution in [0, 0.1) is 0 Å². The minimum atomic E-state index is -4.24. The average Bonchev–Trinajstić information content (AvgIpc) is 3.24. The van der Waals surface area contributed by atoms with Gasteiger partial charge in [0.2, 0.25) is 5.95 Å². The van der Waals surface area contributed by atoms with Gasteiger partial charge in [0.15, 0.2) is 5.65 Å². The first-order valence-electron chi connectivity index (χ1n) is 13.0. The lowest BCUT2D eigenvalue weighted by molar-refractivity contribution is -0.131. The molecule has 5 rings (SSSR count). The van der Waals surface area contributed by atoms with Gasteiger partial charge < -0.3 is 15.3 Å². The van der Waals surface area contributed by atoms with Gasteiger partial charge in [-0.2, -0.15) is 23.3 Å². The molecular weight excluding hydrogens is 483 g/mol. The highest BCUT2D eigenvalue weighted by Gasteiger charge is 2.27. The summed E-state index contributed by atoms with van der Waals surface area (Å²) in [5.74, 6) is 0.155. The van der Waals surface area contributed by atoms with Crippen molar-refractivity contribution in [1.82, 2.24) is 29.5 Å². The molecule has 11 heteroatoms. The van der Waals surface area contributed by atoms with Crippen molar-refractivity contribution in [3.05, 3.63) is 36.0 Å². The molecule has 0 unspecified atom stereocenters.